The predicted molar refractivity (Wildman–Crippen MR) is 94.5 cm³/mol. The zero-order chi connectivity index (χ0) is 15.3. The van der Waals surface area contributed by atoms with Crippen LogP contribution in [0.2, 0.25) is 19.6 Å². The molecule has 0 fully saturated rings. The number of benzene rings is 2. The Kier molecular flexibility index (Phi) is 4.81. The van der Waals surface area contributed by atoms with E-state index in [9.17, 15) is 0 Å². The molecular formula is C19H22OSi. The van der Waals surface area contributed by atoms with Crippen molar-refractivity contribution in [2.45, 2.75) is 19.6 Å². The van der Waals surface area contributed by atoms with Crippen LogP contribution in [0.5, 0.6) is 0 Å². The van der Waals surface area contributed by atoms with Crippen LogP contribution in [0.1, 0.15) is 5.56 Å². The molecule has 0 N–H and O–H groups in total. The molecular weight excluding hydrogens is 272 g/mol. The van der Waals surface area contributed by atoms with Crippen molar-refractivity contribution < 1.29 is 4.43 Å². The van der Waals surface area contributed by atoms with Gasteiger partial charge in [0.2, 0.25) is 8.32 Å². The minimum absolute atomic E-state index is 0.737. The Morgan fingerprint density at radius 3 is 2.05 bits per heavy atom. The van der Waals surface area contributed by atoms with E-state index in [4.69, 9.17) is 4.43 Å². The van der Waals surface area contributed by atoms with Crippen molar-refractivity contribution in [1.82, 2.24) is 0 Å². The van der Waals surface area contributed by atoms with Gasteiger partial charge in [0.25, 0.3) is 0 Å². The van der Waals surface area contributed by atoms with Crippen molar-refractivity contribution in [1.29, 1.82) is 0 Å². The van der Waals surface area contributed by atoms with Crippen molar-refractivity contribution in [3.63, 3.8) is 0 Å². The monoisotopic (exact) mass is 294 g/mol. The maximum Gasteiger partial charge on any atom is 0.242 e. The van der Waals surface area contributed by atoms with Crippen molar-refractivity contribution in [2.75, 3.05) is 0 Å². The summed E-state index contributed by atoms with van der Waals surface area (Å²) in [6, 6.07) is 18.9. The summed E-state index contributed by atoms with van der Waals surface area (Å²) in [6.45, 7) is 10.4. The maximum atomic E-state index is 5.81. The van der Waals surface area contributed by atoms with Crippen LogP contribution in [-0.4, -0.2) is 8.32 Å². The molecule has 0 unspecified atom stereocenters. The second-order valence-electron chi connectivity index (χ2n) is 6.00. The molecule has 2 aromatic rings. The molecule has 0 bridgehead atoms. The standard InChI is InChI=1S/C19H22OSi/c1-16(20-21(2,3)4)10-11-17-12-14-19(15-13-17)18-8-6-5-7-9-18/h5-15H,1H2,2-4H3. The van der Waals surface area contributed by atoms with Crippen molar-refractivity contribution in [3.05, 3.63) is 78.6 Å². The Morgan fingerprint density at radius 2 is 1.48 bits per heavy atom. The van der Waals surface area contributed by atoms with Crippen molar-refractivity contribution in [3.8, 4) is 11.1 Å². The SMILES string of the molecule is C=C(C=Cc1ccc(-c2ccccc2)cc1)O[Si](C)(C)C. The predicted octanol–water partition coefficient (Wildman–Crippen LogP) is 5.73. The molecule has 0 saturated heterocycles. The van der Waals surface area contributed by atoms with E-state index in [0.717, 1.165) is 11.3 Å². The number of rotatable bonds is 5. The van der Waals surface area contributed by atoms with Gasteiger partial charge in [0, 0.05) is 0 Å². The third-order valence-corrected chi connectivity index (χ3v) is 3.79. The van der Waals surface area contributed by atoms with Gasteiger partial charge in [-0.2, -0.15) is 0 Å². The lowest BCUT2D eigenvalue weighted by Gasteiger charge is -2.18. The lowest BCUT2D eigenvalue weighted by Crippen LogP contribution is -2.23. The molecule has 0 aliphatic carbocycles. The van der Waals surface area contributed by atoms with Crippen molar-refractivity contribution in [2.24, 2.45) is 0 Å². The summed E-state index contributed by atoms with van der Waals surface area (Å²) < 4.78 is 5.81. The first-order chi connectivity index (χ1) is 9.94. The van der Waals surface area contributed by atoms with Gasteiger partial charge >= 0.3 is 0 Å². The molecule has 0 saturated carbocycles. The molecule has 0 spiro atoms. The first kappa shape index (κ1) is 15.3. The molecule has 2 rings (SSSR count). The molecule has 2 aromatic carbocycles. The van der Waals surface area contributed by atoms with Crippen molar-refractivity contribution >= 4 is 14.4 Å². The Balaban J connectivity index is 2.05. The van der Waals surface area contributed by atoms with Gasteiger partial charge in [-0.3, -0.25) is 0 Å². The number of allylic oxidation sites excluding steroid dienone is 1. The van der Waals surface area contributed by atoms with E-state index in [1.54, 1.807) is 0 Å². The summed E-state index contributed by atoms with van der Waals surface area (Å²) in [5.74, 6) is 0.737. The van der Waals surface area contributed by atoms with Gasteiger partial charge < -0.3 is 4.43 Å². The molecule has 0 aromatic heterocycles. The smallest absolute Gasteiger partial charge is 0.242 e. The van der Waals surface area contributed by atoms with Gasteiger partial charge in [0.1, 0.15) is 0 Å². The highest BCUT2D eigenvalue weighted by molar-refractivity contribution is 6.70. The number of hydrogen-bond acceptors (Lipinski definition) is 1. The van der Waals surface area contributed by atoms with E-state index >= 15 is 0 Å². The summed E-state index contributed by atoms with van der Waals surface area (Å²) in [5.41, 5.74) is 3.61. The Morgan fingerprint density at radius 1 is 0.905 bits per heavy atom. The van der Waals surface area contributed by atoms with Gasteiger partial charge in [-0.05, 0) is 42.4 Å². The third-order valence-electron chi connectivity index (χ3n) is 2.92. The van der Waals surface area contributed by atoms with Gasteiger partial charge in [0.05, 0.1) is 5.76 Å². The molecule has 0 aliphatic heterocycles. The quantitative estimate of drug-likeness (QED) is 0.388. The molecule has 21 heavy (non-hydrogen) atoms. The maximum absolute atomic E-state index is 5.81. The lowest BCUT2D eigenvalue weighted by molar-refractivity contribution is 0.445. The Labute approximate surface area is 128 Å². The molecule has 0 atom stereocenters. The zero-order valence-corrected chi connectivity index (χ0v) is 14.0. The van der Waals surface area contributed by atoms with Crippen LogP contribution < -0.4 is 0 Å². The zero-order valence-electron chi connectivity index (χ0n) is 13.0. The molecule has 1 nitrogen and oxygen atoms in total. The third kappa shape index (κ3) is 5.08. The second-order valence-corrected chi connectivity index (χ2v) is 10.4. The van der Waals surface area contributed by atoms with E-state index in [2.05, 4.69) is 74.8 Å². The largest absolute Gasteiger partial charge is 0.545 e. The minimum atomic E-state index is -1.56. The Bertz CT molecular complexity index is 619. The second kappa shape index (κ2) is 6.59. The highest BCUT2D eigenvalue weighted by Gasteiger charge is 2.15. The van der Waals surface area contributed by atoms with Crippen LogP contribution in [-0.2, 0) is 4.43 Å². The first-order valence-electron chi connectivity index (χ1n) is 7.15. The first-order valence-corrected chi connectivity index (χ1v) is 10.6. The normalized spacial score (nSPS) is 11.6. The van der Waals surface area contributed by atoms with Crippen LogP contribution >= 0.6 is 0 Å². The topological polar surface area (TPSA) is 9.23 Å². The fourth-order valence-electron chi connectivity index (χ4n) is 2.03. The van der Waals surface area contributed by atoms with E-state index in [1.807, 2.05) is 18.2 Å². The minimum Gasteiger partial charge on any atom is -0.545 e. The summed E-state index contributed by atoms with van der Waals surface area (Å²) in [6.07, 6.45) is 3.98. The summed E-state index contributed by atoms with van der Waals surface area (Å²) in [5, 5.41) is 0. The highest BCUT2D eigenvalue weighted by Crippen LogP contribution is 2.20. The van der Waals surface area contributed by atoms with E-state index in [0.29, 0.717) is 0 Å². The van der Waals surface area contributed by atoms with Crippen LogP contribution in [0.4, 0.5) is 0 Å². The van der Waals surface area contributed by atoms with Gasteiger partial charge in [0.15, 0.2) is 0 Å². The van der Waals surface area contributed by atoms with Gasteiger partial charge in [-0.15, -0.1) is 0 Å². The van der Waals surface area contributed by atoms with E-state index in [-0.39, 0.29) is 0 Å². The fraction of sp³-hybridized carbons (Fsp3) is 0.158. The highest BCUT2D eigenvalue weighted by atomic mass is 28.4. The van der Waals surface area contributed by atoms with Crippen LogP contribution in [0, 0.1) is 0 Å². The number of hydrogen-bond donors (Lipinski definition) is 0. The van der Waals surface area contributed by atoms with E-state index < -0.39 is 8.32 Å². The van der Waals surface area contributed by atoms with Gasteiger partial charge in [-0.25, -0.2) is 0 Å². The van der Waals surface area contributed by atoms with Crippen LogP contribution in [0.3, 0.4) is 0 Å². The van der Waals surface area contributed by atoms with E-state index in [1.165, 1.54) is 11.1 Å². The molecule has 0 radical (unpaired) electrons. The fourth-order valence-corrected chi connectivity index (χ4v) is 2.89. The summed E-state index contributed by atoms with van der Waals surface area (Å²) in [7, 11) is -1.56. The summed E-state index contributed by atoms with van der Waals surface area (Å²) >= 11 is 0. The van der Waals surface area contributed by atoms with Crippen LogP contribution in [0.15, 0.2) is 73.0 Å². The average Bonchev–Trinajstić information content (AvgIpc) is 2.45. The molecule has 0 heterocycles. The average molecular weight is 294 g/mol. The summed E-state index contributed by atoms with van der Waals surface area (Å²) in [4.78, 5) is 0. The molecule has 2 heteroatoms. The van der Waals surface area contributed by atoms with Crippen LogP contribution in [0.25, 0.3) is 17.2 Å². The molecule has 0 aliphatic rings. The molecule has 0 amide bonds. The Hall–Kier alpha value is -2.06. The molecule has 108 valence electrons. The van der Waals surface area contributed by atoms with Gasteiger partial charge in [-0.1, -0.05) is 67.3 Å². The lowest BCUT2D eigenvalue weighted by atomic mass is 10.0.